The minimum atomic E-state index is -5.00. The fraction of sp³-hybridized carbons (Fsp3) is 0.345. The van der Waals surface area contributed by atoms with Gasteiger partial charge in [-0.15, -0.1) is 0 Å². The van der Waals surface area contributed by atoms with Crippen molar-refractivity contribution in [3.05, 3.63) is 62.4 Å². The number of fused-ring (bicyclic) bond motifs is 3. The van der Waals surface area contributed by atoms with Crippen LogP contribution in [0.15, 0.2) is 35.4 Å². The zero-order valence-corrected chi connectivity index (χ0v) is 25.9. The number of amides is 2. The van der Waals surface area contributed by atoms with Crippen LogP contribution in [0.1, 0.15) is 29.0 Å². The molecule has 4 aromatic rings. The molecule has 2 unspecified atom stereocenters. The summed E-state index contributed by atoms with van der Waals surface area (Å²) in [6, 6.07) is 4.53. The highest BCUT2D eigenvalue weighted by Crippen LogP contribution is 2.38. The minimum Gasteiger partial charge on any atom is -0.506 e. The number of nitrogens with one attached hydrogen (secondary N) is 1. The summed E-state index contributed by atoms with van der Waals surface area (Å²) in [5.74, 6) is -3.16. The zero-order valence-electron chi connectivity index (χ0n) is 24.4. The molecule has 242 valence electrons. The SMILES string of the molecule is CN1CC2CCC(C1)N2c1cc(NC(=O)Cn2cc(-c3cc(Cl)c(O)c(C(N)=O)c3)c3c(=O)n(C)c(C(F)(F)F)nc32)c(Cl)cn1. The first-order chi connectivity index (χ1) is 21.6. The highest BCUT2D eigenvalue weighted by atomic mass is 35.5. The maximum Gasteiger partial charge on any atom is 0.449 e. The first-order valence-electron chi connectivity index (χ1n) is 14.1. The van der Waals surface area contributed by atoms with Crippen LogP contribution < -0.4 is 21.5 Å². The molecule has 0 spiro atoms. The van der Waals surface area contributed by atoms with E-state index in [4.69, 9.17) is 28.9 Å². The van der Waals surface area contributed by atoms with Gasteiger partial charge >= 0.3 is 6.18 Å². The van der Waals surface area contributed by atoms with Crippen molar-refractivity contribution in [2.45, 2.75) is 37.6 Å². The van der Waals surface area contributed by atoms with Crippen LogP contribution in [0.4, 0.5) is 24.7 Å². The maximum absolute atomic E-state index is 13.9. The van der Waals surface area contributed by atoms with E-state index in [1.807, 2.05) is 0 Å². The van der Waals surface area contributed by atoms with E-state index in [1.54, 1.807) is 6.07 Å². The largest absolute Gasteiger partial charge is 0.506 e. The lowest BCUT2D eigenvalue weighted by molar-refractivity contribution is -0.147. The van der Waals surface area contributed by atoms with Crippen molar-refractivity contribution in [2.75, 3.05) is 30.4 Å². The second kappa shape index (κ2) is 11.5. The van der Waals surface area contributed by atoms with Crippen LogP contribution in [0.25, 0.3) is 22.2 Å². The topological polar surface area (TPSA) is 152 Å². The molecule has 6 rings (SSSR count). The van der Waals surface area contributed by atoms with Crippen molar-refractivity contribution < 1.29 is 27.9 Å². The number of anilines is 2. The predicted octanol–water partition coefficient (Wildman–Crippen LogP) is 3.85. The van der Waals surface area contributed by atoms with E-state index in [1.165, 1.54) is 18.5 Å². The van der Waals surface area contributed by atoms with Crippen LogP contribution in [-0.4, -0.2) is 73.1 Å². The molecule has 2 fully saturated rings. The number of likely N-dealkylation sites (N-methyl/N-ethyl adjacent to an activating group) is 1. The van der Waals surface area contributed by atoms with Gasteiger partial charge in [0.25, 0.3) is 11.5 Å². The Morgan fingerprint density at radius 1 is 1.11 bits per heavy atom. The summed E-state index contributed by atoms with van der Waals surface area (Å²) < 4.78 is 43.1. The fourth-order valence-corrected chi connectivity index (χ4v) is 6.72. The Balaban J connectivity index is 1.40. The number of carbonyl (C=O) groups is 2. The molecule has 3 aromatic heterocycles. The summed E-state index contributed by atoms with van der Waals surface area (Å²) in [5, 5.41) is 12.5. The third-order valence-corrected chi connectivity index (χ3v) is 8.94. The number of likely N-dealkylation sites (tertiary alicyclic amines) is 1. The molecular formula is C29H27Cl2F3N8O4. The summed E-state index contributed by atoms with van der Waals surface area (Å²) in [7, 11) is 2.98. The van der Waals surface area contributed by atoms with Crippen LogP contribution in [-0.2, 0) is 24.6 Å². The first-order valence-corrected chi connectivity index (χ1v) is 14.8. The first kappa shape index (κ1) is 31.6. The Bertz CT molecular complexity index is 1960. The van der Waals surface area contributed by atoms with Gasteiger partial charge in [0.1, 0.15) is 23.8 Å². The van der Waals surface area contributed by atoms with Crippen LogP contribution in [0.2, 0.25) is 10.0 Å². The number of hydrogen-bond donors (Lipinski definition) is 3. The average Bonchev–Trinajstić information content (AvgIpc) is 3.46. The number of benzene rings is 1. The van der Waals surface area contributed by atoms with Gasteiger partial charge in [-0.3, -0.25) is 19.0 Å². The van der Waals surface area contributed by atoms with Crippen LogP contribution in [0.3, 0.4) is 0 Å². The minimum absolute atomic E-state index is 0.00351. The van der Waals surface area contributed by atoms with E-state index in [-0.39, 0.29) is 49.9 Å². The molecule has 5 heterocycles. The Morgan fingerprint density at radius 3 is 2.41 bits per heavy atom. The molecule has 4 N–H and O–H groups in total. The highest BCUT2D eigenvalue weighted by molar-refractivity contribution is 6.34. The van der Waals surface area contributed by atoms with Crippen molar-refractivity contribution in [1.82, 2.24) is 24.0 Å². The van der Waals surface area contributed by atoms with Gasteiger partial charge in [0.15, 0.2) is 0 Å². The molecule has 2 atom stereocenters. The molecule has 12 nitrogen and oxygen atoms in total. The number of alkyl halides is 3. The number of hydrogen-bond acceptors (Lipinski definition) is 8. The number of halogens is 5. The normalized spacial score (nSPS) is 18.4. The number of aromatic nitrogens is 4. The lowest BCUT2D eigenvalue weighted by atomic mass is 10.0. The third-order valence-electron chi connectivity index (χ3n) is 8.35. The quantitative estimate of drug-likeness (QED) is 0.278. The second-order valence-corrected chi connectivity index (χ2v) is 12.3. The summed E-state index contributed by atoms with van der Waals surface area (Å²) in [6.07, 6.45) is -0.315. The predicted molar refractivity (Wildman–Crippen MR) is 165 cm³/mol. The number of aromatic hydroxyl groups is 1. The molecule has 0 aliphatic carbocycles. The van der Waals surface area contributed by atoms with Gasteiger partial charge < -0.3 is 30.5 Å². The van der Waals surface area contributed by atoms with Crippen LogP contribution >= 0.6 is 23.2 Å². The van der Waals surface area contributed by atoms with E-state index in [2.05, 4.69) is 32.1 Å². The molecule has 0 radical (unpaired) electrons. The second-order valence-electron chi connectivity index (χ2n) is 11.5. The zero-order chi connectivity index (χ0) is 33.2. The van der Waals surface area contributed by atoms with Gasteiger partial charge in [-0.05, 0) is 37.6 Å². The van der Waals surface area contributed by atoms with Crippen molar-refractivity contribution in [2.24, 2.45) is 12.8 Å². The fourth-order valence-electron chi connectivity index (χ4n) is 6.35. The Labute approximate surface area is 269 Å². The molecule has 46 heavy (non-hydrogen) atoms. The van der Waals surface area contributed by atoms with E-state index < -0.39 is 47.3 Å². The number of rotatable bonds is 6. The number of carbonyl (C=O) groups excluding carboxylic acids is 2. The molecule has 0 saturated carbocycles. The molecule has 2 bridgehead atoms. The summed E-state index contributed by atoms with van der Waals surface area (Å²) in [5.41, 5.74) is 3.80. The van der Waals surface area contributed by atoms with Crippen molar-refractivity contribution in [3.63, 3.8) is 0 Å². The lowest BCUT2D eigenvalue weighted by Crippen LogP contribution is -2.52. The molecular weight excluding hydrogens is 652 g/mol. The number of phenols is 1. The van der Waals surface area contributed by atoms with E-state index in [0.717, 1.165) is 43.6 Å². The van der Waals surface area contributed by atoms with Crippen LogP contribution in [0.5, 0.6) is 5.75 Å². The van der Waals surface area contributed by atoms with E-state index >= 15 is 0 Å². The van der Waals surface area contributed by atoms with Gasteiger partial charge in [-0.2, -0.15) is 13.2 Å². The molecule has 17 heteroatoms. The monoisotopic (exact) mass is 678 g/mol. The summed E-state index contributed by atoms with van der Waals surface area (Å²) >= 11 is 12.5. The summed E-state index contributed by atoms with van der Waals surface area (Å²) in [6.45, 7) is 1.16. The number of primary amides is 1. The van der Waals surface area contributed by atoms with Crippen LogP contribution in [0, 0.1) is 0 Å². The molecule has 2 saturated heterocycles. The lowest BCUT2D eigenvalue weighted by Gasteiger charge is -2.40. The maximum atomic E-state index is 13.9. The van der Waals surface area contributed by atoms with Gasteiger partial charge in [0.05, 0.1) is 32.9 Å². The number of nitrogens with zero attached hydrogens (tertiary/aromatic N) is 6. The Hall–Kier alpha value is -4.34. The number of pyridine rings is 1. The Kier molecular flexibility index (Phi) is 7.89. The standard InChI is InChI=1S/C29H27Cl2F3N8O4/c1-39-9-14-3-4-15(10-39)42(14)21-7-20(19(31)8-36-21)37-22(43)12-41-11-17(13-5-16(25(35)45)24(44)18(30)6-13)23-26(41)38-28(29(32,33)34)40(2)27(23)46/h5-8,11,14-15,44H,3-4,9-10,12H2,1-2H3,(H2,35,45)(H,36,37,43). The van der Waals surface area contributed by atoms with Crippen molar-refractivity contribution in [3.8, 4) is 16.9 Å². The van der Waals surface area contributed by atoms with Crippen molar-refractivity contribution in [1.29, 1.82) is 0 Å². The van der Waals surface area contributed by atoms with Gasteiger partial charge in [0, 0.05) is 50.0 Å². The van der Waals surface area contributed by atoms with E-state index in [0.29, 0.717) is 10.4 Å². The molecule has 1 aromatic carbocycles. The third kappa shape index (κ3) is 5.52. The smallest absolute Gasteiger partial charge is 0.449 e. The molecule has 2 aliphatic heterocycles. The van der Waals surface area contributed by atoms with Gasteiger partial charge in [-0.25, -0.2) is 9.97 Å². The number of nitrogens with two attached hydrogens (primary N) is 1. The van der Waals surface area contributed by atoms with Gasteiger partial charge in [0.2, 0.25) is 11.7 Å². The number of piperazine rings is 1. The average molecular weight is 679 g/mol. The Morgan fingerprint density at radius 2 is 1.78 bits per heavy atom. The van der Waals surface area contributed by atoms with Crippen molar-refractivity contribution >= 4 is 57.6 Å². The van der Waals surface area contributed by atoms with E-state index in [9.17, 15) is 32.7 Å². The molecule has 2 amide bonds. The molecule has 2 aliphatic rings. The summed E-state index contributed by atoms with van der Waals surface area (Å²) in [4.78, 5) is 51.4. The highest BCUT2D eigenvalue weighted by Gasteiger charge is 2.40. The van der Waals surface area contributed by atoms with Gasteiger partial charge in [-0.1, -0.05) is 23.2 Å².